The lowest BCUT2D eigenvalue weighted by molar-refractivity contribution is -0.120. The van der Waals surface area contributed by atoms with E-state index in [0.717, 1.165) is 4.90 Å². The van der Waals surface area contributed by atoms with Crippen molar-refractivity contribution in [1.82, 2.24) is 19.5 Å². The van der Waals surface area contributed by atoms with Crippen molar-refractivity contribution in [1.29, 1.82) is 0 Å². The van der Waals surface area contributed by atoms with Gasteiger partial charge in [0.1, 0.15) is 36.2 Å². The Morgan fingerprint density at radius 3 is 2.72 bits per heavy atom. The molecule has 1 unspecified atom stereocenters. The maximum absolute atomic E-state index is 10.6. The third-order valence-electron chi connectivity index (χ3n) is 4.18. The average molecular weight is 433 g/mol. The Hall–Kier alpha value is -1.59. The van der Waals surface area contributed by atoms with Gasteiger partial charge in [0.05, 0.1) is 12.4 Å². The minimum absolute atomic E-state index is 0.0146. The van der Waals surface area contributed by atoms with Gasteiger partial charge in [-0.1, -0.05) is 30.0 Å². The summed E-state index contributed by atoms with van der Waals surface area (Å²) < 4.78 is 17.9. The van der Waals surface area contributed by atoms with Crippen LogP contribution in [0, 0.1) is 0 Å². The zero-order chi connectivity index (χ0) is 20.4. The van der Waals surface area contributed by atoms with Gasteiger partial charge >= 0.3 is 15.4 Å². The van der Waals surface area contributed by atoms with Crippen LogP contribution < -0.4 is 0 Å². The molecule has 29 heavy (non-hydrogen) atoms. The second-order valence-electron chi connectivity index (χ2n) is 6.48. The van der Waals surface area contributed by atoms with Crippen molar-refractivity contribution in [3.8, 4) is 0 Å². The molecule has 2 radical (unpaired) electrons. The van der Waals surface area contributed by atoms with Gasteiger partial charge in [-0.15, -0.1) is 0 Å². The predicted octanol–water partition coefficient (Wildman–Crippen LogP) is 2.13. The van der Waals surface area contributed by atoms with Crippen LogP contribution in [0.2, 0.25) is 0 Å². The SMILES string of the molecule is [B][P+]1(O)OC[C@H](C)O[C@@H](n2cnc3c(Sc4ccccc4)ncnc32)[C@@H](O)CO1. The number of nitrogens with zero attached hydrogens (tertiary/aromatic N) is 4. The van der Waals surface area contributed by atoms with E-state index in [0.29, 0.717) is 16.2 Å². The van der Waals surface area contributed by atoms with Crippen LogP contribution in [-0.2, 0) is 13.8 Å². The normalized spacial score (nSPS) is 28.6. The number of ether oxygens (including phenoxy) is 1. The van der Waals surface area contributed by atoms with E-state index in [1.54, 1.807) is 11.5 Å². The smallest absolute Gasteiger partial charge is 0.386 e. The first-order valence-corrected chi connectivity index (χ1v) is 11.3. The molecule has 3 aromatic rings. The molecule has 0 amide bonds. The van der Waals surface area contributed by atoms with Crippen molar-refractivity contribution in [2.75, 3.05) is 13.2 Å². The minimum Gasteiger partial charge on any atom is -0.386 e. The van der Waals surface area contributed by atoms with Gasteiger partial charge in [-0.3, -0.25) is 4.57 Å². The Labute approximate surface area is 173 Å². The number of aromatic nitrogens is 4. The van der Waals surface area contributed by atoms with Crippen LogP contribution in [-0.4, -0.2) is 62.5 Å². The van der Waals surface area contributed by atoms with Crippen LogP contribution in [0.4, 0.5) is 0 Å². The van der Waals surface area contributed by atoms with Crippen LogP contribution in [0.25, 0.3) is 11.2 Å². The Kier molecular flexibility index (Phi) is 6.17. The molecule has 0 bridgehead atoms. The lowest BCUT2D eigenvalue weighted by atomic mass is 10.3. The fourth-order valence-electron chi connectivity index (χ4n) is 2.82. The van der Waals surface area contributed by atoms with Gasteiger partial charge in [-0.25, -0.2) is 19.8 Å². The molecule has 1 saturated heterocycles. The highest BCUT2D eigenvalue weighted by Crippen LogP contribution is 2.52. The number of fused-ring (bicyclic) bond motifs is 1. The molecule has 9 nitrogen and oxygen atoms in total. The van der Waals surface area contributed by atoms with Crippen molar-refractivity contribution in [2.45, 2.75) is 35.3 Å². The molecule has 1 fully saturated rings. The lowest BCUT2D eigenvalue weighted by Crippen LogP contribution is -2.32. The van der Waals surface area contributed by atoms with E-state index in [1.807, 2.05) is 30.3 Å². The van der Waals surface area contributed by atoms with Crippen molar-refractivity contribution >= 4 is 38.3 Å². The van der Waals surface area contributed by atoms with Gasteiger partial charge in [0.15, 0.2) is 11.9 Å². The topological polar surface area (TPSA) is 112 Å². The van der Waals surface area contributed by atoms with Crippen molar-refractivity contribution in [3.05, 3.63) is 43.0 Å². The van der Waals surface area contributed by atoms with Crippen LogP contribution in [0.5, 0.6) is 0 Å². The van der Waals surface area contributed by atoms with E-state index in [-0.39, 0.29) is 13.2 Å². The minimum atomic E-state index is -3.50. The van der Waals surface area contributed by atoms with E-state index in [2.05, 4.69) is 15.0 Å². The van der Waals surface area contributed by atoms with Crippen LogP contribution in [0.15, 0.2) is 52.9 Å². The molecule has 12 heteroatoms. The van der Waals surface area contributed by atoms with Gasteiger partial charge in [0, 0.05) is 4.90 Å². The van der Waals surface area contributed by atoms with E-state index in [4.69, 9.17) is 21.4 Å². The van der Waals surface area contributed by atoms with Crippen molar-refractivity contribution in [3.63, 3.8) is 0 Å². The maximum atomic E-state index is 10.6. The molecule has 2 N–H and O–H groups in total. The molecule has 1 aromatic carbocycles. The number of benzene rings is 1. The maximum Gasteiger partial charge on any atom is 0.488 e. The molecule has 0 spiro atoms. The second kappa shape index (κ2) is 8.65. The van der Waals surface area contributed by atoms with Gasteiger partial charge in [-0.05, 0) is 19.1 Å². The molecule has 150 valence electrons. The summed E-state index contributed by atoms with van der Waals surface area (Å²) in [6.07, 6.45) is 0.523. The third kappa shape index (κ3) is 4.78. The monoisotopic (exact) mass is 433 g/mol. The summed E-state index contributed by atoms with van der Waals surface area (Å²) in [5.41, 5.74) is 1.09. The third-order valence-corrected chi connectivity index (χ3v) is 6.22. The van der Waals surface area contributed by atoms with E-state index >= 15 is 0 Å². The summed E-state index contributed by atoms with van der Waals surface area (Å²) in [7, 11) is 2.10. The van der Waals surface area contributed by atoms with Crippen LogP contribution >= 0.6 is 19.6 Å². The molecule has 4 rings (SSSR count). The largest absolute Gasteiger partial charge is 0.488 e. The Morgan fingerprint density at radius 1 is 1.17 bits per heavy atom. The second-order valence-corrected chi connectivity index (χ2v) is 9.19. The Morgan fingerprint density at radius 2 is 1.93 bits per heavy atom. The number of hydrogen-bond acceptors (Lipinski definition) is 9. The molecule has 1 aliphatic rings. The zero-order valence-corrected chi connectivity index (χ0v) is 17.2. The summed E-state index contributed by atoms with van der Waals surface area (Å²) in [6.45, 7) is 1.49. The number of imidazole rings is 1. The summed E-state index contributed by atoms with van der Waals surface area (Å²) in [6, 6.07) is 9.81. The first kappa shape index (κ1) is 20.7. The summed E-state index contributed by atoms with van der Waals surface area (Å²) >= 11 is 1.47. The highest BCUT2D eigenvalue weighted by atomic mass is 32.2. The Bertz CT molecular complexity index is 979. The standard InChI is InChI=1S/C17H19BN4O5PS/c1-11-7-25-28(18,24)26-8-13(23)17(27-11)22-10-21-14-15(22)19-9-20-16(14)29-12-5-3-2-4-6-12/h2-6,9-11,13,17,23-24H,7-8H2,1H3/q+1/t11-,13-,17+,28?/m0/s1. The lowest BCUT2D eigenvalue weighted by Gasteiger charge is -2.25. The van der Waals surface area contributed by atoms with Gasteiger partial charge in [0.2, 0.25) is 0 Å². The van der Waals surface area contributed by atoms with Gasteiger partial charge in [-0.2, -0.15) is 9.05 Å². The molecule has 4 atom stereocenters. The predicted molar refractivity (Wildman–Crippen MR) is 108 cm³/mol. The zero-order valence-electron chi connectivity index (χ0n) is 15.5. The van der Waals surface area contributed by atoms with Crippen LogP contribution in [0.3, 0.4) is 0 Å². The first-order valence-electron chi connectivity index (χ1n) is 8.86. The first-order chi connectivity index (χ1) is 13.9. The van der Waals surface area contributed by atoms with Gasteiger partial charge in [0.25, 0.3) is 0 Å². The molecule has 1 aliphatic heterocycles. The van der Waals surface area contributed by atoms with Crippen molar-refractivity contribution in [2.24, 2.45) is 0 Å². The molecular weight excluding hydrogens is 414 g/mol. The molecule has 0 aliphatic carbocycles. The van der Waals surface area contributed by atoms with Gasteiger partial charge < -0.3 is 9.84 Å². The summed E-state index contributed by atoms with van der Waals surface area (Å²) in [4.78, 5) is 24.1. The van der Waals surface area contributed by atoms with Crippen molar-refractivity contribution < 1.29 is 23.8 Å². The average Bonchev–Trinajstić information content (AvgIpc) is 3.15. The van der Waals surface area contributed by atoms with Crippen LogP contribution in [0.1, 0.15) is 13.2 Å². The number of hydrogen-bond donors (Lipinski definition) is 2. The molecule has 3 heterocycles. The molecule has 0 saturated carbocycles. The van der Waals surface area contributed by atoms with E-state index in [9.17, 15) is 10.00 Å². The summed E-state index contributed by atoms with van der Waals surface area (Å²) in [5.74, 6) is 0. The highest BCUT2D eigenvalue weighted by Gasteiger charge is 2.40. The number of aliphatic hydroxyl groups excluding tert-OH is 1. The van der Waals surface area contributed by atoms with E-state index in [1.165, 1.54) is 24.4 Å². The highest BCUT2D eigenvalue weighted by molar-refractivity contribution is 7.99. The number of aliphatic hydroxyl groups is 1. The van der Waals surface area contributed by atoms with E-state index < -0.39 is 26.3 Å². The molecular formula is C17H19BN4O5PS+. The fraction of sp³-hybridized carbons (Fsp3) is 0.353. The quantitative estimate of drug-likeness (QED) is 0.365. The number of rotatable bonds is 3. The fourth-order valence-corrected chi connectivity index (χ4v) is 4.55. The summed E-state index contributed by atoms with van der Waals surface area (Å²) in [5, 5.41) is 11.3. The Balaban J connectivity index is 1.67. The molecule has 2 aromatic heterocycles.